The maximum absolute atomic E-state index is 8.44. The second-order valence-corrected chi connectivity index (χ2v) is 10.2. The Morgan fingerprint density at radius 3 is 0.942 bits per heavy atom. The summed E-state index contributed by atoms with van der Waals surface area (Å²) >= 11 is 0. The molecule has 0 saturated heterocycles. The number of rotatable bonds is 7. The smallest absolute Gasteiger partial charge is 1.00 e. The number of benzene rings is 1. The summed E-state index contributed by atoms with van der Waals surface area (Å²) in [5.74, 6) is 0. The Kier molecular flexibility index (Phi) is 21.9. The monoisotopic (exact) mass is 898 g/mol. The van der Waals surface area contributed by atoms with E-state index in [4.69, 9.17) is 9.81 Å². The number of hydrogen-bond donors (Lipinski definition) is 0. The van der Waals surface area contributed by atoms with E-state index in [9.17, 15) is 0 Å². The van der Waals surface area contributed by atoms with E-state index in [2.05, 4.69) is 59.8 Å². The summed E-state index contributed by atoms with van der Waals surface area (Å²) in [7, 11) is -2.25. The van der Waals surface area contributed by atoms with Crippen LogP contribution in [-0.4, -0.2) is 77.5 Å². The van der Waals surface area contributed by atoms with Crippen LogP contribution in [0.15, 0.2) is 164 Å². The Hall–Kier alpha value is -5.44. The van der Waals surface area contributed by atoms with Crippen LogP contribution in [0.3, 0.4) is 0 Å². The predicted molar refractivity (Wildman–Crippen MR) is 185 cm³/mol. The molecule has 0 radical (unpaired) electrons. The number of aromatic nitrogens is 14. The molecule has 7 aromatic heterocycles. The van der Waals surface area contributed by atoms with Gasteiger partial charge >= 0.3 is 53.2 Å². The van der Waals surface area contributed by atoms with Crippen LogP contribution in [0.1, 0.15) is 11.1 Å². The molecule has 8 aromatic rings. The van der Waals surface area contributed by atoms with Crippen LogP contribution in [0.25, 0.3) is 0 Å². The van der Waals surface area contributed by atoms with Crippen LogP contribution in [0, 0.1) is 23.7 Å². The summed E-state index contributed by atoms with van der Waals surface area (Å²) < 4.78 is 11.2. The van der Waals surface area contributed by atoms with Gasteiger partial charge in [-0.1, -0.05) is 41.5 Å². The first-order chi connectivity index (χ1) is 24.1. The molecule has 0 spiro atoms. The van der Waals surface area contributed by atoms with Gasteiger partial charge in [-0.3, -0.25) is 0 Å². The molecule has 8 rings (SSSR count). The molecule has 18 nitrogen and oxygen atoms in total. The number of aryl methyl sites for hydroxylation is 2. The molecule has 270 valence electrons. The molecule has 0 bridgehead atoms. The van der Waals surface area contributed by atoms with Crippen molar-refractivity contribution in [3.05, 3.63) is 174 Å². The van der Waals surface area contributed by atoms with Gasteiger partial charge in [0.15, 0.2) is 0 Å². The van der Waals surface area contributed by atoms with E-state index in [0.717, 1.165) is 5.56 Å². The van der Waals surface area contributed by atoms with Crippen molar-refractivity contribution >= 4 is 14.2 Å². The summed E-state index contributed by atoms with van der Waals surface area (Å²) in [5.41, 5.74) is 2.44. The van der Waals surface area contributed by atoms with Crippen LogP contribution in [0.4, 0.5) is 0 Å². The third-order valence-corrected chi connectivity index (χ3v) is 6.66. The van der Waals surface area contributed by atoms with E-state index < -0.39 is 14.2 Å². The Bertz CT molecular complexity index is 1660. The molecule has 0 saturated carbocycles. The van der Waals surface area contributed by atoms with E-state index in [0.29, 0.717) is 0 Å². The first kappa shape index (κ1) is 44.6. The van der Waals surface area contributed by atoms with E-state index in [-0.39, 0.29) is 51.4 Å². The Labute approximate surface area is 331 Å². The topological polar surface area (TPSA) is 193 Å². The summed E-state index contributed by atoms with van der Waals surface area (Å²) in [6.07, 6.45) is 25.5. The van der Waals surface area contributed by atoms with Crippen LogP contribution in [-0.2, 0) is 39.0 Å². The van der Waals surface area contributed by atoms with E-state index in [1.165, 1.54) is 5.56 Å². The summed E-state index contributed by atoms with van der Waals surface area (Å²) in [6.45, 7) is 4.04. The average molecular weight is 897 g/mol. The third-order valence-electron chi connectivity index (χ3n) is 6.66. The van der Waals surface area contributed by atoms with Gasteiger partial charge in [-0.05, 0) is 87.4 Å². The maximum atomic E-state index is 8.44. The van der Waals surface area contributed by atoms with Crippen LogP contribution >= 0.6 is 0 Å². The minimum Gasteiger partial charge on any atom is -1.00 e. The Morgan fingerprint density at radius 2 is 0.808 bits per heavy atom. The van der Waals surface area contributed by atoms with Crippen molar-refractivity contribution in [3.8, 4) is 0 Å². The summed E-state index contributed by atoms with van der Waals surface area (Å²) in [6, 6.07) is 21.6. The number of hydrogen-bond acceptors (Lipinski definition) is 9. The van der Waals surface area contributed by atoms with Crippen molar-refractivity contribution < 1.29 is 51.4 Å². The van der Waals surface area contributed by atoms with Crippen molar-refractivity contribution in [2.24, 2.45) is 10.6 Å². The van der Waals surface area contributed by atoms with Gasteiger partial charge in [0.05, 0.1) is 0 Å². The SMILES string of the molecule is Cc1ccccc1.Cc1cn[n-]c1.O=NN=O.[Cl-].[Ru+2].[Ru+2].c1cnn([BH-](n2cccn2)n2cccn2)c1.c1cnn([BH-](n2cccn2)n2cccn2)c1. The zero-order valence-electron chi connectivity index (χ0n) is 27.9. The molecule has 0 fully saturated rings. The van der Waals surface area contributed by atoms with Gasteiger partial charge in [-0.25, -0.2) is 30.6 Å². The molecule has 0 amide bonds. The zero-order valence-corrected chi connectivity index (χ0v) is 32.1. The van der Waals surface area contributed by atoms with E-state index >= 15 is 0 Å². The molecule has 52 heavy (non-hydrogen) atoms. The van der Waals surface area contributed by atoms with Gasteiger partial charge in [-0.2, -0.15) is 6.20 Å². The van der Waals surface area contributed by atoms with Crippen molar-refractivity contribution in [2.45, 2.75) is 13.8 Å². The first-order valence-electron chi connectivity index (χ1n) is 15.0. The van der Waals surface area contributed by atoms with Crippen molar-refractivity contribution in [2.75, 3.05) is 0 Å². The van der Waals surface area contributed by atoms with Gasteiger partial charge in [0.2, 0.25) is 0 Å². The van der Waals surface area contributed by atoms with Gasteiger partial charge in [0.25, 0.3) is 0 Å². The van der Waals surface area contributed by atoms with Gasteiger partial charge in [-0.15, -0.1) is 9.81 Å². The van der Waals surface area contributed by atoms with Crippen LogP contribution in [0.5, 0.6) is 0 Å². The average Bonchev–Trinajstić information content (AvgIpc) is 3.97. The quantitative estimate of drug-likeness (QED) is 0.116. The third kappa shape index (κ3) is 14.4. The summed E-state index contributed by atoms with van der Waals surface area (Å²) in [5, 5.41) is 35.8. The molecule has 0 N–H and O–H groups in total. The second-order valence-electron chi connectivity index (χ2n) is 10.2. The largest absolute Gasteiger partial charge is 2.00 e. The van der Waals surface area contributed by atoms with Crippen molar-refractivity contribution in [3.63, 3.8) is 0 Å². The molecule has 23 heteroatoms. The second kappa shape index (κ2) is 25.5. The molecule has 7 heterocycles. The zero-order chi connectivity index (χ0) is 34.5. The number of nitroso groups, excluding NO2 is 2. The first-order valence-corrected chi connectivity index (χ1v) is 15.0. The van der Waals surface area contributed by atoms with Crippen molar-refractivity contribution in [1.82, 2.24) is 68.3 Å². The van der Waals surface area contributed by atoms with E-state index in [1.807, 2.05) is 126 Å². The Balaban J connectivity index is 0.000000351. The minimum absolute atomic E-state index is 0. The van der Waals surface area contributed by atoms with Crippen LogP contribution < -0.4 is 17.5 Å². The molecular formula is C29H33B2ClN16O2Ru2. The molecule has 0 atom stereocenters. The molecule has 0 aliphatic heterocycles. The van der Waals surface area contributed by atoms with E-state index in [1.54, 1.807) is 60.1 Å². The standard InChI is InChI=1S/2C9H10BN6.C7H8.C4H5N2.ClH.N2O2.2Ru/c2*1-4-11-14(7-1)10(15-8-2-5-12-15)16-9-3-6-13-16;1-7-5-3-2-4-6-7;1-4-2-5-6-3-4;;3-1-2-4;;/h2*1-10H;2-6H,1H3;2-3H,1H3;1H;;;/q2*-1;;-1;;;2*+2/p-1. The van der Waals surface area contributed by atoms with Gasteiger partial charge < -0.3 is 50.2 Å². The number of halogens is 1. The molecule has 0 aliphatic rings. The van der Waals surface area contributed by atoms with Crippen molar-refractivity contribution in [1.29, 1.82) is 0 Å². The van der Waals surface area contributed by atoms with Gasteiger partial charge in [0, 0.05) is 43.4 Å². The fourth-order valence-corrected chi connectivity index (χ4v) is 4.51. The normalized spacial score (nSPS) is 9.38. The van der Waals surface area contributed by atoms with Crippen LogP contribution in [0.2, 0.25) is 0 Å². The fraction of sp³-hybridized carbons (Fsp3) is 0.0690. The molecular weight excluding hydrogens is 864 g/mol. The molecule has 0 aliphatic carbocycles. The van der Waals surface area contributed by atoms with Gasteiger partial charge in [0.1, 0.15) is 10.6 Å². The number of nitrogens with zero attached hydrogens (tertiary/aromatic N) is 16. The minimum atomic E-state index is -1.12. The maximum Gasteiger partial charge on any atom is 2.00 e. The molecule has 0 unspecified atom stereocenters. The predicted octanol–water partition coefficient (Wildman–Crippen LogP) is -0.349. The molecule has 1 aromatic carbocycles. The summed E-state index contributed by atoms with van der Waals surface area (Å²) in [4.78, 5) is 16.9. The fourth-order valence-electron chi connectivity index (χ4n) is 4.51. The Morgan fingerprint density at radius 1 is 0.500 bits per heavy atom.